The van der Waals surface area contributed by atoms with E-state index in [0.717, 1.165) is 16.6 Å². The Hall–Kier alpha value is -1.07. The maximum Gasteiger partial charge on any atom is 0.288 e. The third kappa shape index (κ3) is 5.67. The molecule has 0 heterocycles. The lowest BCUT2D eigenvalue weighted by atomic mass is 10.1. The molecule has 112 valence electrons. The van der Waals surface area contributed by atoms with E-state index in [9.17, 15) is 8.78 Å². The van der Waals surface area contributed by atoms with Crippen molar-refractivity contribution in [3.8, 4) is 0 Å². The van der Waals surface area contributed by atoms with Crippen LogP contribution in [0.1, 0.15) is 12.5 Å². The van der Waals surface area contributed by atoms with Crippen LogP contribution in [0.4, 0.5) is 14.5 Å². The van der Waals surface area contributed by atoms with Crippen LogP contribution in [0.5, 0.6) is 0 Å². The molecule has 0 spiro atoms. The number of anilines is 1. The van der Waals surface area contributed by atoms with Crippen LogP contribution in [-0.2, 0) is 6.42 Å². The highest BCUT2D eigenvalue weighted by atomic mass is 79.9. The Kier molecular flexibility index (Phi) is 6.06. The van der Waals surface area contributed by atoms with E-state index in [-0.39, 0.29) is 6.04 Å². The average Bonchev–Trinajstić information content (AvgIpc) is 2.43. The molecule has 0 bridgehead atoms. The molecule has 2 aromatic carbocycles. The highest BCUT2D eigenvalue weighted by Crippen LogP contribution is 2.26. The molecule has 0 fully saturated rings. The van der Waals surface area contributed by atoms with Gasteiger partial charge in [-0.05, 0) is 55.3 Å². The molecule has 1 atom stereocenters. The maximum absolute atomic E-state index is 12.2. The molecule has 0 saturated carbocycles. The molecular formula is C16H16BrF2NS. The van der Waals surface area contributed by atoms with Gasteiger partial charge in [0.05, 0.1) is 0 Å². The molecule has 0 saturated heterocycles. The molecule has 0 aliphatic heterocycles. The number of hydrogen-bond acceptors (Lipinski definition) is 2. The number of halogens is 3. The zero-order valence-corrected chi connectivity index (χ0v) is 13.9. The summed E-state index contributed by atoms with van der Waals surface area (Å²) in [5, 5.41) is 3.38. The maximum atomic E-state index is 12.2. The highest BCUT2D eigenvalue weighted by molar-refractivity contribution is 9.10. The third-order valence-corrected chi connectivity index (χ3v) is 4.20. The smallest absolute Gasteiger partial charge is 0.288 e. The Morgan fingerprint density at radius 1 is 1.05 bits per heavy atom. The normalized spacial score (nSPS) is 12.4. The van der Waals surface area contributed by atoms with Crippen LogP contribution in [0.25, 0.3) is 0 Å². The monoisotopic (exact) mass is 371 g/mol. The molecule has 1 N–H and O–H groups in total. The second kappa shape index (κ2) is 7.80. The van der Waals surface area contributed by atoms with Crippen LogP contribution in [-0.4, -0.2) is 11.8 Å². The van der Waals surface area contributed by atoms with Gasteiger partial charge in [0.15, 0.2) is 0 Å². The van der Waals surface area contributed by atoms with Crippen molar-refractivity contribution in [3.63, 3.8) is 0 Å². The number of nitrogens with one attached hydrogen (secondary N) is 1. The predicted molar refractivity (Wildman–Crippen MR) is 89.2 cm³/mol. The first kappa shape index (κ1) is 16.3. The van der Waals surface area contributed by atoms with Gasteiger partial charge in [-0.3, -0.25) is 0 Å². The summed E-state index contributed by atoms with van der Waals surface area (Å²) in [5.41, 5.74) is 2.20. The first-order valence-corrected chi connectivity index (χ1v) is 8.26. The van der Waals surface area contributed by atoms with Gasteiger partial charge in [-0.2, -0.15) is 8.78 Å². The average molecular weight is 372 g/mol. The van der Waals surface area contributed by atoms with Crippen LogP contribution in [0.3, 0.4) is 0 Å². The van der Waals surface area contributed by atoms with Crippen molar-refractivity contribution in [3.05, 3.63) is 58.6 Å². The summed E-state index contributed by atoms with van der Waals surface area (Å²) in [6.07, 6.45) is 0.904. The molecule has 2 aromatic rings. The van der Waals surface area contributed by atoms with Crippen molar-refractivity contribution in [1.29, 1.82) is 0 Å². The van der Waals surface area contributed by atoms with E-state index >= 15 is 0 Å². The molecule has 0 aliphatic carbocycles. The topological polar surface area (TPSA) is 12.0 Å². The zero-order valence-electron chi connectivity index (χ0n) is 11.5. The number of benzene rings is 2. The zero-order chi connectivity index (χ0) is 15.2. The van der Waals surface area contributed by atoms with Crippen molar-refractivity contribution in [2.75, 3.05) is 5.32 Å². The minimum atomic E-state index is -2.37. The number of alkyl halides is 2. The fourth-order valence-electron chi connectivity index (χ4n) is 2.04. The Balaban J connectivity index is 1.90. The van der Waals surface area contributed by atoms with E-state index in [1.807, 2.05) is 24.3 Å². The minimum Gasteiger partial charge on any atom is -0.382 e. The van der Waals surface area contributed by atoms with E-state index in [1.165, 1.54) is 5.56 Å². The quantitative estimate of drug-likeness (QED) is 0.643. The van der Waals surface area contributed by atoms with Crippen LogP contribution in [0.2, 0.25) is 0 Å². The van der Waals surface area contributed by atoms with E-state index in [1.54, 1.807) is 12.1 Å². The molecular weight excluding hydrogens is 356 g/mol. The molecule has 0 aliphatic rings. The minimum absolute atomic E-state index is 0.264. The second-order valence-electron chi connectivity index (χ2n) is 4.78. The van der Waals surface area contributed by atoms with Gasteiger partial charge in [0.1, 0.15) is 0 Å². The summed E-state index contributed by atoms with van der Waals surface area (Å²) in [7, 11) is 0. The van der Waals surface area contributed by atoms with Crippen molar-refractivity contribution in [2.24, 2.45) is 0 Å². The van der Waals surface area contributed by atoms with Crippen LogP contribution in [0.15, 0.2) is 57.9 Å². The van der Waals surface area contributed by atoms with E-state index in [2.05, 4.69) is 40.3 Å². The summed E-state index contributed by atoms with van der Waals surface area (Å²) < 4.78 is 25.6. The van der Waals surface area contributed by atoms with Gasteiger partial charge >= 0.3 is 0 Å². The molecule has 0 amide bonds. The second-order valence-corrected chi connectivity index (χ2v) is 6.76. The molecule has 0 aromatic heterocycles. The van der Waals surface area contributed by atoms with Gasteiger partial charge in [0.2, 0.25) is 0 Å². The number of thioether (sulfide) groups is 1. The van der Waals surface area contributed by atoms with Crippen molar-refractivity contribution in [2.45, 2.75) is 30.0 Å². The lowest BCUT2D eigenvalue weighted by Gasteiger charge is -2.15. The number of hydrogen-bond donors (Lipinski definition) is 1. The standard InChI is InChI=1S/C16H16BrF2NS/c1-11(10-12-2-4-13(17)5-3-12)20-14-6-8-15(9-7-14)21-16(18)19/h2-9,11,16,20H,10H2,1H3. The van der Waals surface area contributed by atoms with E-state index in [4.69, 9.17) is 0 Å². The van der Waals surface area contributed by atoms with Gasteiger partial charge in [-0.15, -0.1) is 0 Å². The molecule has 5 heteroatoms. The highest BCUT2D eigenvalue weighted by Gasteiger charge is 2.06. The molecule has 2 rings (SSSR count). The summed E-state index contributed by atoms with van der Waals surface area (Å²) in [4.78, 5) is 0.580. The SMILES string of the molecule is CC(Cc1ccc(Br)cc1)Nc1ccc(SC(F)F)cc1. The van der Waals surface area contributed by atoms with Gasteiger partial charge in [-0.25, -0.2) is 0 Å². The Morgan fingerprint density at radius 3 is 2.24 bits per heavy atom. The summed E-state index contributed by atoms with van der Waals surface area (Å²) in [6, 6.07) is 15.6. The van der Waals surface area contributed by atoms with Gasteiger partial charge in [0, 0.05) is 21.1 Å². The summed E-state index contributed by atoms with van der Waals surface area (Å²) in [6.45, 7) is 2.10. The van der Waals surface area contributed by atoms with E-state index < -0.39 is 5.76 Å². The summed E-state index contributed by atoms with van der Waals surface area (Å²) in [5.74, 6) is -2.37. The first-order valence-electron chi connectivity index (χ1n) is 6.59. The van der Waals surface area contributed by atoms with Crippen LogP contribution < -0.4 is 5.32 Å². The predicted octanol–water partition coefficient (Wildman–Crippen LogP) is 5.81. The number of rotatable bonds is 6. The largest absolute Gasteiger partial charge is 0.382 e. The van der Waals surface area contributed by atoms with Crippen LogP contribution >= 0.6 is 27.7 Å². The van der Waals surface area contributed by atoms with Gasteiger partial charge in [-0.1, -0.05) is 39.8 Å². The van der Waals surface area contributed by atoms with Crippen LogP contribution in [0, 0.1) is 0 Å². The van der Waals surface area contributed by atoms with Crippen molar-refractivity contribution in [1.82, 2.24) is 0 Å². The third-order valence-electron chi connectivity index (χ3n) is 2.95. The molecule has 1 nitrogen and oxygen atoms in total. The fraction of sp³-hybridized carbons (Fsp3) is 0.250. The Bertz CT molecular complexity index is 557. The van der Waals surface area contributed by atoms with E-state index in [0.29, 0.717) is 16.7 Å². The molecule has 21 heavy (non-hydrogen) atoms. The summed E-state index contributed by atoms with van der Waals surface area (Å²) >= 11 is 3.98. The van der Waals surface area contributed by atoms with Gasteiger partial charge < -0.3 is 5.32 Å². The fourth-order valence-corrected chi connectivity index (χ4v) is 2.81. The lowest BCUT2D eigenvalue weighted by Crippen LogP contribution is -2.17. The molecule has 1 unspecified atom stereocenters. The van der Waals surface area contributed by atoms with Gasteiger partial charge in [0.25, 0.3) is 5.76 Å². The van der Waals surface area contributed by atoms with Crippen molar-refractivity contribution < 1.29 is 8.78 Å². The lowest BCUT2D eigenvalue weighted by molar-refractivity contribution is 0.252. The molecule has 0 radical (unpaired) electrons. The first-order chi connectivity index (χ1) is 10.0. The Labute approximate surface area is 136 Å². The Morgan fingerprint density at radius 2 is 1.67 bits per heavy atom. The van der Waals surface area contributed by atoms with Crippen molar-refractivity contribution >= 4 is 33.4 Å².